The lowest BCUT2D eigenvalue weighted by Gasteiger charge is -2.43. The van der Waals surface area contributed by atoms with Crippen molar-refractivity contribution in [2.24, 2.45) is 0 Å². The molecule has 1 aromatic heterocycles. The highest BCUT2D eigenvalue weighted by molar-refractivity contribution is 6.30. The molecule has 122 valence electrons. The first kappa shape index (κ1) is 16.0. The fourth-order valence-corrected chi connectivity index (χ4v) is 3.24. The van der Waals surface area contributed by atoms with E-state index in [1.807, 2.05) is 61.5 Å². The Labute approximate surface area is 141 Å². The third-order valence-corrected chi connectivity index (χ3v) is 4.72. The summed E-state index contributed by atoms with van der Waals surface area (Å²) in [5.74, 6) is 1.78. The van der Waals surface area contributed by atoms with Gasteiger partial charge in [-0.1, -0.05) is 23.7 Å². The lowest BCUT2D eigenvalue weighted by Crippen LogP contribution is -2.56. The minimum Gasteiger partial charge on any atom is -0.338 e. The van der Waals surface area contributed by atoms with Crippen LogP contribution in [-0.2, 0) is 10.2 Å². The Bertz CT molecular complexity index is 747. The number of carbonyl (C=O) groups is 1. The zero-order valence-electron chi connectivity index (χ0n) is 13.9. The summed E-state index contributed by atoms with van der Waals surface area (Å²) in [5, 5.41) is 5.06. The average molecular weight is 333 g/mol. The molecule has 0 radical (unpaired) electrons. The van der Waals surface area contributed by atoms with Gasteiger partial charge in [0.05, 0.1) is 11.5 Å². The Morgan fingerprint density at radius 1 is 1.30 bits per heavy atom. The Kier molecular flexibility index (Phi) is 3.92. The largest absolute Gasteiger partial charge is 0.338 e. The molecule has 1 aromatic carbocycles. The molecule has 0 bridgehead atoms. The second-order valence-electron chi connectivity index (χ2n) is 6.65. The topological polar surface area (TPSA) is 51.0 Å². The van der Waals surface area contributed by atoms with E-state index >= 15 is 0 Å². The van der Waals surface area contributed by atoms with Crippen molar-refractivity contribution in [3.8, 4) is 0 Å². The molecule has 1 aliphatic rings. The molecule has 1 saturated heterocycles. The van der Waals surface area contributed by atoms with Gasteiger partial charge in [-0.25, -0.2) is 9.67 Å². The van der Waals surface area contributed by atoms with Gasteiger partial charge in [-0.15, -0.1) is 0 Å². The normalized spacial score (nSPS) is 15.6. The maximum atomic E-state index is 12.9. The van der Waals surface area contributed by atoms with Crippen molar-refractivity contribution in [3.05, 3.63) is 46.5 Å². The van der Waals surface area contributed by atoms with Crippen molar-refractivity contribution in [2.75, 3.05) is 13.1 Å². The molecular formula is C17H21ClN4O. The summed E-state index contributed by atoms with van der Waals surface area (Å²) in [4.78, 5) is 19.1. The minimum atomic E-state index is -0.594. The highest BCUT2D eigenvalue weighted by atomic mass is 35.5. The van der Waals surface area contributed by atoms with Gasteiger partial charge in [-0.3, -0.25) is 4.79 Å². The summed E-state index contributed by atoms with van der Waals surface area (Å²) < 4.78 is 1.92. The van der Waals surface area contributed by atoms with E-state index in [4.69, 9.17) is 11.6 Å². The first-order chi connectivity index (χ1) is 10.8. The minimum absolute atomic E-state index is 0.116. The highest BCUT2D eigenvalue weighted by Gasteiger charge is 2.41. The third kappa shape index (κ3) is 2.85. The van der Waals surface area contributed by atoms with Crippen LogP contribution in [0.4, 0.5) is 0 Å². The molecule has 0 saturated carbocycles. The summed E-state index contributed by atoms with van der Waals surface area (Å²) in [5.41, 5.74) is 0.342. The van der Waals surface area contributed by atoms with E-state index < -0.39 is 5.41 Å². The quantitative estimate of drug-likeness (QED) is 0.868. The Hall–Kier alpha value is -1.88. The van der Waals surface area contributed by atoms with Crippen LogP contribution in [-0.4, -0.2) is 38.7 Å². The fraction of sp³-hybridized carbons (Fsp3) is 0.471. The molecule has 0 aliphatic carbocycles. The number of hydrogen-bond acceptors (Lipinski definition) is 3. The van der Waals surface area contributed by atoms with Crippen LogP contribution in [0.25, 0.3) is 0 Å². The second-order valence-corrected chi connectivity index (χ2v) is 7.09. The van der Waals surface area contributed by atoms with E-state index in [2.05, 4.69) is 10.1 Å². The van der Waals surface area contributed by atoms with E-state index in [1.54, 1.807) is 0 Å². The van der Waals surface area contributed by atoms with Crippen LogP contribution < -0.4 is 0 Å². The van der Waals surface area contributed by atoms with Crippen LogP contribution in [0, 0.1) is 13.8 Å². The van der Waals surface area contributed by atoms with Gasteiger partial charge < -0.3 is 4.90 Å². The van der Waals surface area contributed by atoms with E-state index in [0.717, 1.165) is 17.2 Å². The molecule has 2 heterocycles. The Balaban J connectivity index is 1.72. The van der Waals surface area contributed by atoms with Gasteiger partial charge in [-0.05, 0) is 45.4 Å². The van der Waals surface area contributed by atoms with Crippen LogP contribution in [0.1, 0.15) is 37.1 Å². The van der Waals surface area contributed by atoms with Crippen LogP contribution in [0.2, 0.25) is 5.02 Å². The summed E-state index contributed by atoms with van der Waals surface area (Å²) >= 11 is 6.06. The summed E-state index contributed by atoms with van der Waals surface area (Å²) in [6, 6.07) is 7.73. The molecule has 1 fully saturated rings. The number of aromatic nitrogens is 3. The van der Waals surface area contributed by atoms with Gasteiger partial charge in [0.1, 0.15) is 11.6 Å². The molecule has 2 aromatic rings. The van der Waals surface area contributed by atoms with Gasteiger partial charge in [0.2, 0.25) is 5.91 Å². The molecule has 1 amide bonds. The molecule has 0 N–H and O–H groups in total. The average Bonchev–Trinajstić information content (AvgIpc) is 2.76. The van der Waals surface area contributed by atoms with E-state index in [-0.39, 0.29) is 11.9 Å². The second kappa shape index (κ2) is 5.64. The molecule has 23 heavy (non-hydrogen) atoms. The standard InChI is InChI=1S/C17H21ClN4O/c1-11-19-12(2)22(20-11)15-9-21(10-15)16(23)17(3,4)13-6-5-7-14(18)8-13/h5-8,15H,9-10H2,1-4H3. The number of nitrogens with zero attached hydrogens (tertiary/aromatic N) is 4. The summed E-state index contributed by atoms with van der Waals surface area (Å²) in [6.07, 6.45) is 0. The number of rotatable bonds is 3. The van der Waals surface area contributed by atoms with E-state index in [9.17, 15) is 4.79 Å². The predicted molar refractivity (Wildman–Crippen MR) is 89.6 cm³/mol. The SMILES string of the molecule is Cc1nc(C)n(C2CN(C(=O)C(C)(C)c3cccc(Cl)c3)C2)n1. The molecular weight excluding hydrogens is 312 g/mol. The highest BCUT2D eigenvalue weighted by Crippen LogP contribution is 2.32. The number of likely N-dealkylation sites (tertiary alicyclic amines) is 1. The van der Waals surface area contributed by atoms with Crippen molar-refractivity contribution >= 4 is 17.5 Å². The Morgan fingerprint density at radius 3 is 2.57 bits per heavy atom. The predicted octanol–water partition coefficient (Wildman–Crippen LogP) is 2.91. The first-order valence-corrected chi connectivity index (χ1v) is 8.12. The van der Waals surface area contributed by atoms with Crippen molar-refractivity contribution < 1.29 is 4.79 Å². The number of carbonyl (C=O) groups excluding carboxylic acids is 1. The molecule has 5 nitrogen and oxygen atoms in total. The zero-order valence-corrected chi connectivity index (χ0v) is 14.6. The van der Waals surface area contributed by atoms with Crippen molar-refractivity contribution in [3.63, 3.8) is 0 Å². The molecule has 6 heteroatoms. The number of benzene rings is 1. The van der Waals surface area contributed by atoms with Crippen LogP contribution >= 0.6 is 11.6 Å². The lowest BCUT2D eigenvalue weighted by atomic mass is 9.82. The van der Waals surface area contributed by atoms with E-state index in [0.29, 0.717) is 18.1 Å². The zero-order chi connectivity index (χ0) is 16.8. The van der Waals surface area contributed by atoms with Gasteiger partial charge in [0.25, 0.3) is 0 Å². The van der Waals surface area contributed by atoms with Gasteiger partial charge in [-0.2, -0.15) is 5.10 Å². The van der Waals surface area contributed by atoms with Gasteiger partial charge in [0, 0.05) is 18.1 Å². The Morgan fingerprint density at radius 2 is 2.00 bits per heavy atom. The molecule has 0 unspecified atom stereocenters. The summed E-state index contributed by atoms with van der Waals surface area (Å²) in [6.45, 7) is 9.06. The van der Waals surface area contributed by atoms with Gasteiger partial charge >= 0.3 is 0 Å². The monoisotopic (exact) mass is 332 g/mol. The van der Waals surface area contributed by atoms with Crippen molar-refractivity contribution in [1.82, 2.24) is 19.7 Å². The smallest absolute Gasteiger partial charge is 0.232 e. The third-order valence-electron chi connectivity index (χ3n) is 4.48. The molecule has 3 rings (SSSR count). The number of aryl methyl sites for hydroxylation is 2. The molecule has 1 aliphatic heterocycles. The van der Waals surface area contributed by atoms with Crippen LogP contribution in [0.15, 0.2) is 24.3 Å². The maximum absolute atomic E-state index is 12.9. The first-order valence-electron chi connectivity index (χ1n) is 7.74. The van der Waals surface area contributed by atoms with Crippen LogP contribution in [0.5, 0.6) is 0 Å². The molecule has 0 spiro atoms. The van der Waals surface area contributed by atoms with E-state index in [1.165, 1.54) is 0 Å². The van der Waals surface area contributed by atoms with Crippen LogP contribution in [0.3, 0.4) is 0 Å². The van der Waals surface area contributed by atoms with Gasteiger partial charge in [0.15, 0.2) is 0 Å². The fourth-order valence-electron chi connectivity index (χ4n) is 3.05. The number of amides is 1. The maximum Gasteiger partial charge on any atom is 0.232 e. The van der Waals surface area contributed by atoms with Crippen molar-refractivity contribution in [2.45, 2.75) is 39.2 Å². The summed E-state index contributed by atoms with van der Waals surface area (Å²) in [7, 11) is 0. The molecule has 0 atom stereocenters. The van der Waals surface area contributed by atoms with Crippen molar-refractivity contribution in [1.29, 1.82) is 0 Å². The number of hydrogen-bond donors (Lipinski definition) is 0. The lowest BCUT2D eigenvalue weighted by molar-refractivity contribution is -0.142. The number of halogens is 1.